The summed E-state index contributed by atoms with van der Waals surface area (Å²) in [6.45, 7) is 2.14. The molecule has 0 fully saturated rings. The molecule has 2 N–H and O–H groups in total. The van der Waals surface area contributed by atoms with Gasteiger partial charge in [0.2, 0.25) is 0 Å². The first kappa shape index (κ1) is 20.6. The zero-order chi connectivity index (χ0) is 16.5. The van der Waals surface area contributed by atoms with Crippen molar-refractivity contribution in [2.45, 2.75) is 77.2 Å². The van der Waals surface area contributed by atoms with Gasteiger partial charge in [0.15, 0.2) is 0 Å². The molecule has 0 aromatic heterocycles. The van der Waals surface area contributed by atoms with Gasteiger partial charge in [-0.3, -0.25) is 4.79 Å². The summed E-state index contributed by atoms with van der Waals surface area (Å²) in [4.78, 5) is 10.3. The topological polar surface area (TPSA) is 57.5 Å². The Morgan fingerprint density at radius 1 is 0.955 bits per heavy atom. The van der Waals surface area contributed by atoms with E-state index in [2.05, 4.69) is 19.1 Å². The lowest BCUT2D eigenvalue weighted by atomic mass is 10.1. The summed E-state index contributed by atoms with van der Waals surface area (Å²) in [6.07, 6.45) is 21.0. The molecule has 0 saturated carbocycles. The average molecular weight is 308 g/mol. The molecule has 0 aromatic rings. The number of carboxylic acids is 1. The lowest BCUT2D eigenvalue weighted by Crippen LogP contribution is -1.98. The van der Waals surface area contributed by atoms with Gasteiger partial charge >= 0.3 is 5.97 Å². The third-order valence-electron chi connectivity index (χ3n) is 3.34. The number of unbranched alkanes of at least 4 members (excludes halogenated alkanes) is 6. The SMILES string of the molecule is CCCC=CCC(O)C=CC=CCCCCCCCC(=O)O. The number of rotatable bonds is 14. The molecule has 1 unspecified atom stereocenters. The van der Waals surface area contributed by atoms with Crippen molar-refractivity contribution in [2.75, 3.05) is 0 Å². The number of carboxylic acid groups (broad SMARTS) is 1. The van der Waals surface area contributed by atoms with E-state index in [1.807, 2.05) is 24.3 Å². The van der Waals surface area contributed by atoms with Crippen molar-refractivity contribution in [2.24, 2.45) is 0 Å². The molecule has 0 spiro atoms. The van der Waals surface area contributed by atoms with Gasteiger partial charge in [0.1, 0.15) is 0 Å². The number of hydrogen-bond donors (Lipinski definition) is 2. The fraction of sp³-hybridized carbons (Fsp3) is 0.632. The Morgan fingerprint density at radius 2 is 1.68 bits per heavy atom. The summed E-state index contributed by atoms with van der Waals surface area (Å²) < 4.78 is 0. The van der Waals surface area contributed by atoms with E-state index >= 15 is 0 Å². The minimum Gasteiger partial charge on any atom is -0.481 e. The predicted molar refractivity (Wildman–Crippen MR) is 92.9 cm³/mol. The second-order valence-corrected chi connectivity index (χ2v) is 5.58. The van der Waals surface area contributed by atoms with E-state index in [0.29, 0.717) is 12.8 Å². The van der Waals surface area contributed by atoms with Gasteiger partial charge in [-0.2, -0.15) is 0 Å². The highest BCUT2D eigenvalue weighted by atomic mass is 16.4. The quantitative estimate of drug-likeness (QED) is 0.269. The van der Waals surface area contributed by atoms with Crippen molar-refractivity contribution in [3.8, 4) is 0 Å². The molecule has 22 heavy (non-hydrogen) atoms. The van der Waals surface area contributed by atoms with Gasteiger partial charge in [-0.05, 0) is 32.1 Å². The molecule has 0 amide bonds. The molecule has 126 valence electrons. The predicted octanol–water partition coefficient (Wildman–Crippen LogP) is 5.02. The molecule has 0 saturated heterocycles. The summed E-state index contributed by atoms with van der Waals surface area (Å²) in [7, 11) is 0. The summed E-state index contributed by atoms with van der Waals surface area (Å²) in [5, 5.41) is 18.2. The van der Waals surface area contributed by atoms with Gasteiger partial charge in [0.25, 0.3) is 0 Å². The minimum absolute atomic E-state index is 0.292. The second kappa shape index (κ2) is 16.0. The number of hydrogen-bond acceptors (Lipinski definition) is 2. The summed E-state index contributed by atoms with van der Waals surface area (Å²) in [5.74, 6) is -0.697. The molecular formula is C19H32O3. The second-order valence-electron chi connectivity index (χ2n) is 5.58. The molecule has 0 aromatic carbocycles. The van der Waals surface area contributed by atoms with Crippen LogP contribution in [0.5, 0.6) is 0 Å². The Morgan fingerprint density at radius 3 is 2.41 bits per heavy atom. The van der Waals surface area contributed by atoms with Crippen LogP contribution in [0.2, 0.25) is 0 Å². The molecule has 0 bridgehead atoms. The van der Waals surface area contributed by atoms with Crippen LogP contribution in [0.25, 0.3) is 0 Å². The van der Waals surface area contributed by atoms with Crippen LogP contribution in [-0.4, -0.2) is 22.3 Å². The van der Waals surface area contributed by atoms with Crippen molar-refractivity contribution < 1.29 is 15.0 Å². The third kappa shape index (κ3) is 16.7. The molecule has 0 radical (unpaired) electrons. The fourth-order valence-electron chi connectivity index (χ4n) is 2.03. The fourth-order valence-corrected chi connectivity index (χ4v) is 2.03. The normalized spacial score (nSPS) is 13.5. The van der Waals surface area contributed by atoms with Crippen molar-refractivity contribution >= 4 is 5.97 Å². The number of allylic oxidation sites excluding steroid dienone is 4. The van der Waals surface area contributed by atoms with Crippen LogP contribution in [0.15, 0.2) is 36.5 Å². The van der Waals surface area contributed by atoms with Gasteiger partial charge in [-0.15, -0.1) is 0 Å². The maximum Gasteiger partial charge on any atom is 0.303 e. The van der Waals surface area contributed by atoms with Gasteiger partial charge in [-0.1, -0.05) is 69.1 Å². The van der Waals surface area contributed by atoms with E-state index < -0.39 is 12.1 Å². The zero-order valence-corrected chi connectivity index (χ0v) is 13.9. The molecular weight excluding hydrogens is 276 g/mol. The van der Waals surface area contributed by atoms with Crippen LogP contribution in [0.4, 0.5) is 0 Å². The van der Waals surface area contributed by atoms with Crippen molar-refractivity contribution in [1.29, 1.82) is 0 Å². The first-order valence-electron chi connectivity index (χ1n) is 8.55. The highest BCUT2D eigenvalue weighted by Gasteiger charge is 1.96. The van der Waals surface area contributed by atoms with Crippen LogP contribution in [0.3, 0.4) is 0 Å². The van der Waals surface area contributed by atoms with Crippen LogP contribution < -0.4 is 0 Å². The lowest BCUT2D eigenvalue weighted by molar-refractivity contribution is -0.137. The summed E-state index contributed by atoms with van der Waals surface area (Å²) in [5.41, 5.74) is 0. The molecule has 3 nitrogen and oxygen atoms in total. The van der Waals surface area contributed by atoms with Crippen molar-refractivity contribution in [3.05, 3.63) is 36.5 Å². The standard InChI is InChI=1S/C19H32O3/c1-2-3-4-12-15-18(20)16-13-10-8-6-5-7-9-11-14-17-19(21)22/h4,8,10,12-13,16,18,20H,2-3,5-7,9,11,14-15,17H2,1H3,(H,21,22). The third-order valence-corrected chi connectivity index (χ3v) is 3.34. The van der Waals surface area contributed by atoms with E-state index in [-0.39, 0.29) is 0 Å². The van der Waals surface area contributed by atoms with Crippen LogP contribution in [-0.2, 0) is 4.79 Å². The number of carbonyl (C=O) groups is 1. The highest BCUT2D eigenvalue weighted by Crippen LogP contribution is 2.07. The van der Waals surface area contributed by atoms with E-state index in [0.717, 1.165) is 51.4 Å². The Kier molecular flexibility index (Phi) is 15.0. The maximum atomic E-state index is 10.3. The Labute approximate surface area is 135 Å². The van der Waals surface area contributed by atoms with Crippen LogP contribution in [0.1, 0.15) is 71.1 Å². The molecule has 0 aliphatic rings. The lowest BCUT2D eigenvalue weighted by Gasteiger charge is -1.99. The molecule has 0 aliphatic heterocycles. The largest absolute Gasteiger partial charge is 0.481 e. The minimum atomic E-state index is -0.697. The van der Waals surface area contributed by atoms with E-state index in [4.69, 9.17) is 5.11 Å². The van der Waals surface area contributed by atoms with E-state index in [1.54, 1.807) is 0 Å². The molecule has 0 aliphatic carbocycles. The van der Waals surface area contributed by atoms with E-state index in [9.17, 15) is 9.90 Å². The van der Waals surface area contributed by atoms with Gasteiger partial charge < -0.3 is 10.2 Å². The first-order valence-corrected chi connectivity index (χ1v) is 8.55. The van der Waals surface area contributed by atoms with Crippen LogP contribution in [0, 0.1) is 0 Å². The summed E-state index contributed by atoms with van der Waals surface area (Å²) >= 11 is 0. The maximum absolute atomic E-state index is 10.3. The number of aliphatic hydroxyl groups is 1. The zero-order valence-electron chi connectivity index (χ0n) is 13.9. The molecule has 0 rings (SSSR count). The Bertz CT molecular complexity index is 343. The summed E-state index contributed by atoms with van der Waals surface area (Å²) in [6, 6.07) is 0. The number of aliphatic hydroxyl groups excluding tert-OH is 1. The first-order chi connectivity index (χ1) is 10.7. The van der Waals surface area contributed by atoms with Gasteiger partial charge in [0.05, 0.1) is 6.10 Å². The van der Waals surface area contributed by atoms with Gasteiger partial charge in [0, 0.05) is 6.42 Å². The molecule has 3 heteroatoms. The van der Waals surface area contributed by atoms with Gasteiger partial charge in [-0.25, -0.2) is 0 Å². The van der Waals surface area contributed by atoms with E-state index in [1.165, 1.54) is 0 Å². The smallest absolute Gasteiger partial charge is 0.303 e. The Hall–Kier alpha value is -1.35. The monoisotopic (exact) mass is 308 g/mol. The average Bonchev–Trinajstić information content (AvgIpc) is 2.49. The van der Waals surface area contributed by atoms with Crippen LogP contribution >= 0.6 is 0 Å². The molecule has 1 atom stereocenters. The number of aliphatic carboxylic acids is 1. The molecule has 0 heterocycles. The highest BCUT2D eigenvalue weighted by molar-refractivity contribution is 5.66. The van der Waals surface area contributed by atoms with Crippen molar-refractivity contribution in [1.82, 2.24) is 0 Å². The Balaban J connectivity index is 3.45. The van der Waals surface area contributed by atoms with Crippen molar-refractivity contribution in [3.63, 3.8) is 0 Å².